The zero-order valence-electron chi connectivity index (χ0n) is 27.1. The minimum absolute atomic E-state index is 0.0847. The maximum Gasteiger partial charge on any atom is 0.381 e. The van der Waals surface area contributed by atoms with E-state index in [2.05, 4.69) is 23.9 Å². The van der Waals surface area contributed by atoms with Crippen molar-refractivity contribution in [3.63, 3.8) is 0 Å². The molecule has 0 aromatic heterocycles. The van der Waals surface area contributed by atoms with E-state index in [0.29, 0.717) is 25.7 Å². The summed E-state index contributed by atoms with van der Waals surface area (Å²) in [4.78, 5) is 57.4. The van der Waals surface area contributed by atoms with Gasteiger partial charge >= 0.3 is 17.9 Å². The summed E-state index contributed by atoms with van der Waals surface area (Å²) in [6.07, 6.45) is 15.7. The maximum atomic E-state index is 14.3. The molecule has 2 aliphatic heterocycles. The van der Waals surface area contributed by atoms with Gasteiger partial charge in [0.1, 0.15) is 12.1 Å². The quantitative estimate of drug-likeness (QED) is 0.0605. The smallest absolute Gasteiger partial charge is 0.381 e. The van der Waals surface area contributed by atoms with Crippen LogP contribution in [0.25, 0.3) is 0 Å². The molecule has 0 saturated carbocycles. The normalized spacial score (nSPS) is 19.2. The molecule has 4 unspecified atom stereocenters. The van der Waals surface area contributed by atoms with E-state index in [1.807, 2.05) is 14.6 Å². The minimum atomic E-state index is -4.09. The summed E-state index contributed by atoms with van der Waals surface area (Å²) in [5.41, 5.74) is 0. The topological polar surface area (TPSA) is 128 Å². The molecule has 0 aromatic rings. The van der Waals surface area contributed by atoms with Crippen LogP contribution in [0.3, 0.4) is 0 Å². The highest BCUT2D eigenvalue weighted by atomic mass is 31.0. The van der Waals surface area contributed by atoms with Gasteiger partial charge in [0, 0.05) is 19.3 Å². The number of Topliss-reactive ketones (excluding diaryl/α,β-unsaturated/α-hetero) is 1. The fourth-order valence-electron chi connectivity index (χ4n) is 4.94. The zero-order chi connectivity index (χ0) is 33.7. The predicted molar refractivity (Wildman–Crippen MR) is 168 cm³/mol. The number of hydrogen-bond donors (Lipinski definition) is 2. The monoisotopic (exact) mass is 666 g/mol. The van der Waals surface area contributed by atoms with Crippen molar-refractivity contribution in [2.45, 2.75) is 159 Å². The lowest BCUT2D eigenvalue weighted by Gasteiger charge is -2.21. The van der Waals surface area contributed by atoms with E-state index in [4.69, 9.17) is 4.74 Å². The first-order valence-corrected chi connectivity index (χ1v) is 17.3. The number of amides is 2. The third-order valence-corrected chi connectivity index (χ3v) is 8.45. The second kappa shape index (κ2) is 22.3. The Labute approximate surface area is 268 Å². The molecule has 2 amide bonds. The van der Waals surface area contributed by atoms with E-state index in [0.717, 1.165) is 44.9 Å². The fraction of sp³-hybridized carbons (Fsp3) is 0.844. The molecular weight excluding hydrogens is 612 g/mol. The molecule has 0 radical (unpaired) electrons. The van der Waals surface area contributed by atoms with E-state index < -0.39 is 53.0 Å². The lowest BCUT2D eigenvalue weighted by Crippen LogP contribution is -2.50. The predicted octanol–water partition coefficient (Wildman–Crippen LogP) is 6.25. The van der Waals surface area contributed by atoms with Gasteiger partial charge in [-0.05, 0) is 19.3 Å². The number of ether oxygens (including phenoxy) is 2. The van der Waals surface area contributed by atoms with Crippen molar-refractivity contribution < 1.29 is 46.6 Å². The molecule has 2 N–H and O–H groups in total. The van der Waals surface area contributed by atoms with Gasteiger partial charge in [-0.1, -0.05) is 107 Å². The first-order chi connectivity index (χ1) is 21.4. The van der Waals surface area contributed by atoms with Gasteiger partial charge in [-0.2, -0.15) is 8.78 Å². The van der Waals surface area contributed by atoms with Crippen LogP contribution in [0.15, 0.2) is 0 Å². The third-order valence-electron chi connectivity index (χ3n) is 7.90. The van der Waals surface area contributed by atoms with Gasteiger partial charge in [0.25, 0.3) is 11.8 Å². The van der Waals surface area contributed by atoms with Crippen molar-refractivity contribution in [2.24, 2.45) is 0 Å². The van der Waals surface area contributed by atoms with Gasteiger partial charge in [0.2, 0.25) is 11.2 Å². The molecule has 2 saturated heterocycles. The number of unbranched alkanes of at least 4 members (excludes halogenated alkanes) is 13. The zero-order valence-corrected chi connectivity index (χ0v) is 28.2. The Kier molecular flexibility index (Phi) is 20.2. The van der Waals surface area contributed by atoms with Crippen molar-refractivity contribution in [2.75, 3.05) is 13.2 Å². The average Bonchev–Trinajstić information content (AvgIpc) is 3.60. The minimum Gasteiger partial charge on any atom is -0.464 e. The van der Waals surface area contributed by atoms with Crippen LogP contribution in [-0.2, 0) is 33.4 Å². The molecule has 9 nitrogen and oxygen atoms in total. The molecule has 0 aromatic carbocycles. The number of halogens is 3. The van der Waals surface area contributed by atoms with Gasteiger partial charge in [-0.15, -0.1) is 0 Å². The van der Waals surface area contributed by atoms with Crippen LogP contribution < -0.4 is 10.6 Å². The molecule has 260 valence electrons. The van der Waals surface area contributed by atoms with Crippen LogP contribution in [0.1, 0.15) is 136 Å². The van der Waals surface area contributed by atoms with Crippen LogP contribution in [0.4, 0.5) is 13.2 Å². The number of carbonyl (C=O) groups excluding carboxylic acids is 5. The number of ketones is 1. The number of rotatable bonds is 22. The molecule has 0 bridgehead atoms. The summed E-state index contributed by atoms with van der Waals surface area (Å²) in [5.74, 6) is -9.14. The first-order valence-electron chi connectivity index (χ1n) is 16.7. The molecule has 13 heteroatoms. The largest absolute Gasteiger partial charge is 0.464 e. The van der Waals surface area contributed by atoms with Crippen molar-refractivity contribution in [3.05, 3.63) is 0 Å². The number of cyclic esters (lactones) is 2. The number of nitrogens with one attached hydrogen (secondary N) is 2. The molecular formula is C32H54F3N2O7P. The number of alkyl halides is 3. The summed E-state index contributed by atoms with van der Waals surface area (Å²) in [6.45, 7) is 4.67. The molecule has 45 heavy (non-hydrogen) atoms. The van der Waals surface area contributed by atoms with Gasteiger partial charge in [0.05, 0.1) is 13.2 Å². The number of hydrogen-bond acceptors (Lipinski definition) is 7. The molecule has 2 rings (SSSR count). The van der Waals surface area contributed by atoms with E-state index in [9.17, 15) is 37.1 Å². The lowest BCUT2D eigenvalue weighted by molar-refractivity contribution is -0.160. The van der Waals surface area contributed by atoms with Gasteiger partial charge in [-0.25, -0.2) is 14.0 Å². The summed E-state index contributed by atoms with van der Waals surface area (Å²) in [7, 11) is 1.99. The second-order valence-corrected chi connectivity index (χ2v) is 12.8. The molecule has 0 aliphatic carbocycles. The van der Waals surface area contributed by atoms with E-state index >= 15 is 0 Å². The summed E-state index contributed by atoms with van der Waals surface area (Å²) >= 11 is 0. The highest BCUT2D eigenvalue weighted by Crippen LogP contribution is 2.29. The first kappa shape index (κ1) is 40.8. The van der Waals surface area contributed by atoms with Crippen LogP contribution in [-0.4, -0.2) is 66.2 Å². The highest BCUT2D eigenvalue weighted by molar-refractivity contribution is 7.20. The summed E-state index contributed by atoms with van der Waals surface area (Å²) in [5, 5.41) is 2.33. The number of esters is 2. The van der Waals surface area contributed by atoms with Crippen LogP contribution >= 0.6 is 9.24 Å². The third kappa shape index (κ3) is 16.2. The standard InChI is InChI=1S/C16H25F2NO4.C16H29FNO3P/c1-2-3-4-5-6-7-8-9-13(20)16(17,18)15(22)19-12-10-11-23-14(12)21;1-2-3-4-5-6-7-8-9-11-16(17,22)15(20)18-13-10-12-21-14(13)19/h12H,2-11H2,1H3,(H,19,22);13H,2-12,22H2,1H3,(H,18,20). The second-order valence-electron chi connectivity index (χ2n) is 11.9. The lowest BCUT2D eigenvalue weighted by atomic mass is 10.0. The SMILES string of the molecule is CCCCCCCCCC(=O)C(F)(F)C(=O)NC1CCOC1=O.CCCCCCCCCCC(F)(P)C(=O)NC1CCOC1=O. The molecule has 2 fully saturated rings. The van der Waals surface area contributed by atoms with E-state index in [1.165, 1.54) is 32.1 Å². The highest BCUT2D eigenvalue weighted by Gasteiger charge is 2.48. The van der Waals surface area contributed by atoms with Gasteiger partial charge in [-0.3, -0.25) is 14.4 Å². The fourth-order valence-corrected chi connectivity index (χ4v) is 5.22. The molecule has 4 atom stereocenters. The molecule has 0 spiro atoms. The van der Waals surface area contributed by atoms with Crippen molar-refractivity contribution in [3.8, 4) is 0 Å². The van der Waals surface area contributed by atoms with Gasteiger partial charge < -0.3 is 20.1 Å². The van der Waals surface area contributed by atoms with Crippen molar-refractivity contribution in [1.82, 2.24) is 10.6 Å². The van der Waals surface area contributed by atoms with Crippen LogP contribution in [0.5, 0.6) is 0 Å². The van der Waals surface area contributed by atoms with Gasteiger partial charge in [0.15, 0.2) is 0 Å². The number of carbonyl (C=O) groups is 5. The Hall–Kier alpha value is -2.23. The van der Waals surface area contributed by atoms with E-state index in [-0.39, 0.29) is 32.5 Å². The Morgan fingerprint density at radius 1 is 0.689 bits per heavy atom. The summed E-state index contributed by atoms with van der Waals surface area (Å²) in [6, 6.07) is -1.78. The Bertz CT molecular complexity index is 936. The molecule has 2 heterocycles. The van der Waals surface area contributed by atoms with Crippen LogP contribution in [0, 0.1) is 0 Å². The Morgan fingerprint density at radius 3 is 1.51 bits per heavy atom. The van der Waals surface area contributed by atoms with Crippen molar-refractivity contribution in [1.29, 1.82) is 0 Å². The van der Waals surface area contributed by atoms with Crippen LogP contribution in [0.2, 0.25) is 0 Å². The Morgan fingerprint density at radius 2 is 1.09 bits per heavy atom. The Balaban J connectivity index is 0.000000450. The van der Waals surface area contributed by atoms with Crippen molar-refractivity contribution >= 4 is 38.8 Å². The summed E-state index contributed by atoms with van der Waals surface area (Å²) < 4.78 is 51.2. The average molecular weight is 667 g/mol. The maximum absolute atomic E-state index is 14.3. The molecule has 2 aliphatic rings. The van der Waals surface area contributed by atoms with E-state index in [1.54, 1.807) is 0 Å².